The van der Waals surface area contributed by atoms with E-state index < -0.39 is 0 Å². The van der Waals surface area contributed by atoms with E-state index in [0.29, 0.717) is 29.2 Å². The maximum Gasteiger partial charge on any atom is 0.227 e. The van der Waals surface area contributed by atoms with Gasteiger partial charge in [0.05, 0.1) is 19.7 Å². The minimum atomic E-state index is 0.442. The molecule has 0 unspecified atom stereocenters. The smallest absolute Gasteiger partial charge is 0.227 e. The van der Waals surface area contributed by atoms with Gasteiger partial charge in [-0.3, -0.25) is 0 Å². The van der Waals surface area contributed by atoms with Gasteiger partial charge in [0.15, 0.2) is 11.5 Å². The van der Waals surface area contributed by atoms with Crippen molar-refractivity contribution in [1.29, 1.82) is 0 Å². The van der Waals surface area contributed by atoms with Crippen molar-refractivity contribution in [3.05, 3.63) is 12.1 Å². The third-order valence-corrected chi connectivity index (χ3v) is 3.60. The molecule has 0 aliphatic carbocycles. The number of rotatable bonds is 6. The van der Waals surface area contributed by atoms with Gasteiger partial charge in [0, 0.05) is 25.0 Å². The number of nitrogen functional groups attached to an aromatic ring is 1. The first kappa shape index (κ1) is 16.1. The molecule has 0 radical (unpaired) electrons. The van der Waals surface area contributed by atoms with Crippen molar-refractivity contribution in [3.63, 3.8) is 0 Å². The van der Waals surface area contributed by atoms with Crippen LogP contribution in [0.4, 0.5) is 11.8 Å². The Hall–Kier alpha value is -2.24. The van der Waals surface area contributed by atoms with E-state index in [1.165, 1.54) is 0 Å². The van der Waals surface area contributed by atoms with Gasteiger partial charge < -0.3 is 20.1 Å². The SMILES string of the molecule is COc1cc2nc(N(C)CCC(C)C)nc(N)c2cc1OC. The summed E-state index contributed by atoms with van der Waals surface area (Å²) in [5.41, 5.74) is 6.84. The summed E-state index contributed by atoms with van der Waals surface area (Å²) in [4.78, 5) is 11.0. The number of hydrogen-bond acceptors (Lipinski definition) is 6. The molecule has 0 saturated heterocycles. The van der Waals surface area contributed by atoms with Crippen LogP contribution in [0.2, 0.25) is 0 Å². The van der Waals surface area contributed by atoms with Crippen molar-refractivity contribution in [2.75, 3.05) is 38.4 Å². The van der Waals surface area contributed by atoms with Gasteiger partial charge >= 0.3 is 0 Å². The zero-order chi connectivity index (χ0) is 16.3. The number of nitrogens with two attached hydrogens (primary N) is 1. The van der Waals surface area contributed by atoms with E-state index in [9.17, 15) is 0 Å². The predicted octanol–water partition coefficient (Wildman–Crippen LogP) is 2.71. The Morgan fingerprint density at radius 1 is 1.14 bits per heavy atom. The quantitative estimate of drug-likeness (QED) is 0.884. The molecule has 1 aromatic carbocycles. The molecule has 0 saturated carbocycles. The van der Waals surface area contributed by atoms with Crippen molar-refractivity contribution in [2.24, 2.45) is 5.92 Å². The Bertz CT molecular complexity index is 658. The van der Waals surface area contributed by atoms with Gasteiger partial charge in [0.2, 0.25) is 5.95 Å². The molecule has 0 aliphatic rings. The van der Waals surface area contributed by atoms with Crippen molar-refractivity contribution in [2.45, 2.75) is 20.3 Å². The molecule has 2 N–H and O–H groups in total. The van der Waals surface area contributed by atoms with E-state index in [0.717, 1.165) is 23.9 Å². The third kappa shape index (κ3) is 3.32. The summed E-state index contributed by atoms with van der Waals surface area (Å²) in [5.74, 6) is 2.94. The number of hydrogen-bond donors (Lipinski definition) is 1. The Morgan fingerprint density at radius 3 is 2.36 bits per heavy atom. The van der Waals surface area contributed by atoms with Gasteiger partial charge in [0.25, 0.3) is 0 Å². The zero-order valence-corrected chi connectivity index (χ0v) is 13.9. The molecule has 0 fully saturated rings. The van der Waals surface area contributed by atoms with E-state index in [4.69, 9.17) is 15.2 Å². The molecule has 2 aromatic rings. The van der Waals surface area contributed by atoms with Crippen molar-refractivity contribution in [3.8, 4) is 11.5 Å². The highest BCUT2D eigenvalue weighted by Crippen LogP contribution is 2.33. The summed E-state index contributed by atoms with van der Waals surface area (Å²) in [6.07, 6.45) is 1.07. The van der Waals surface area contributed by atoms with E-state index >= 15 is 0 Å². The second-order valence-electron chi connectivity index (χ2n) is 5.74. The molecule has 120 valence electrons. The van der Waals surface area contributed by atoms with E-state index in [1.807, 2.05) is 18.0 Å². The average molecular weight is 304 g/mol. The molecule has 22 heavy (non-hydrogen) atoms. The lowest BCUT2D eigenvalue weighted by Gasteiger charge is -2.19. The normalized spacial score (nSPS) is 11.0. The first-order valence-corrected chi connectivity index (χ1v) is 7.36. The van der Waals surface area contributed by atoms with Crippen LogP contribution in [0, 0.1) is 5.92 Å². The maximum absolute atomic E-state index is 6.09. The summed E-state index contributed by atoms with van der Waals surface area (Å²) < 4.78 is 10.6. The lowest BCUT2D eigenvalue weighted by atomic mass is 10.1. The number of aromatic nitrogens is 2. The molecule has 0 aliphatic heterocycles. The first-order chi connectivity index (χ1) is 10.5. The second kappa shape index (κ2) is 6.68. The van der Waals surface area contributed by atoms with E-state index in [-0.39, 0.29) is 0 Å². The number of ether oxygens (including phenoxy) is 2. The lowest BCUT2D eigenvalue weighted by Crippen LogP contribution is -2.22. The fourth-order valence-corrected chi connectivity index (χ4v) is 2.19. The topological polar surface area (TPSA) is 73.5 Å². The lowest BCUT2D eigenvalue weighted by molar-refractivity contribution is 0.356. The molecule has 0 spiro atoms. The highest BCUT2D eigenvalue weighted by atomic mass is 16.5. The highest BCUT2D eigenvalue weighted by Gasteiger charge is 2.13. The van der Waals surface area contributed by atoms with Gasteiger partial charge in [-0.15, -0.1) is 0 Å². The zero-order valence-electron chi connectivity index (χ0n) is 13.9. The maximum atomic E-state index is 6.09. The largest absolute Gasteiger partial charge is 0.493 e. The average Bonchev–Trinajstić information content (AvgIpc) is 2.51. The molecule has 6 nitrogen and oxygen atoms in total. The summed E-state index contributed by atoms with van der Waals surface area (Å²) in [6.45, 7) is 5.27. The Balaban J connectivity index is 2.43. The molecule has 6 heteroatoms. The number of nitrogens with zero attached hydrogens (tertiary/aromatic N) is 3. The van der Waals surface area contributed by atoms with Gasteiger partial charge in [0.1, 0.15) is 5.82 Å². The molecule has 1 heterocycles. The highest BCUT2D eigenvalue weighted by molar-refractivity contribution is 5.91. The molecule has 1 aromatic heterocycles. The molecular formula is C16H24N4O2. The summed E-state index contributed by atoms with van der Waals surface area (Å²) >= 11 is 0. The van der Waals surface area contributed by atoms with E-state index in [1.54, 1.807) is 20.3 Å². The number of fused-ring (bicyclic) bond motifs is 1. The van der Waals surface area contributed by atoms with Gasteiger partial charge in [-0.05, 0) is 18.4 Å². The fraction of sp³-hybridized carbons (Fsp3) is 0.500. The molecule has 0 atom stereocenters. The van der Waals surface area contributed by atoms with Crippen LogP contribution < -0.4 is 20.1 Å². The number of anilines is 2. The van der Waals surface area contributed by atoms with Gasteiger partial charge in [-0.2, -0.15) is 4.98 Å². The fourth-order valence-electron chi connectivity index (χ4n) is 2.19. The van der Waals surface area contributed by atoms with Crippen LogP contribution in [-0.4, -0.2) is 37.8 Å². The molecule has 0 amide bonds. The number of benzene rings is 1. The van der Waals surface area contributed by atoms with Gasteiger partial charge in [-0.25, -0.2) is 4.98 Å². The third-order valence-electron chi connectivity index (χ3n) is 3.60. The minimum Gasteiger partial charge on any atom is -0.493 e. The minimum absolute atomic E-state index is 0.442. The van der Waals surface area contributed by atoms with Crippen LogP contribution >= 0.6 is 0 Å². The van der Waals surface area contributed by atoms with Crippen LogP contribution in [-0.2, 0) is 0 Å². The molecule has 2 rings (SSSR count). The van der Waals surface area contributed by atoms with Crippen LogP contribution in [0.5, 0.6) is 11.5 Å². The summed E-state index contributed by atoms with van der Waals surface area (Å²) in [5, 5.41) is 0.763. The van der Waals surface area contributed by atoms with Gasteiger partial charge in [-0.1, -0.05) is 13.8 Å². The Kier molecular flexibility index (Phi) is 4.90. The monoisotopic (exact) mass is 304 g/mol. The second-order valence-corrected chi connectivity index (χ2v) is 5.74. The standard InChI is InChI=1S/C16H24N4O2/c1-10(2)6-7-20(3)16-18-12-9-14(22-5)13(21-4)8-11(12)15(17)19-16/h8-10H,6-7H2,1-5H3,(H2,17,18,19). The van der Waals surface area contributed by atoms with Crippen molar-refractivity contribution in [1.82, 2.24) is 9.97 Å². The Morgan fingerprint density at radius 2 is 1.77 bits per heavy atom. The van der Waals surface area contributed by atoms with Crippen molar-refractivity contribution < 1.29 is 9.47 Å². The first-order valence-electron chi connectivity index (χ1n) is 7.36. The van der Waals surface area contributed by atoms with Crippen molar-refractivity contribution >= 4 is 22.7 Å². The summed E-state index contributed by atoms with van der Waals surface area (Å²) in [7, 11) is 5.17. The van der Waals surface area contributed by atoms with Crippen LogP contribution in [0.25, 0.3) is 10.9 Å². The van der Waals surface area contributed by atoms with Crippen LogP contribution in [0.3, 0.4) is 0 Å². The number of methoxy groups -OCH3 is 2. The Labute approximate surface area is 131 Å². The van der Waals surface area contributed by atoms with Crippen LogP contribution in [0.15, 0.2) is 12.1 Å². The van der Waals surface area contributed by atoms with E-state index in [2.05, 4.69) is 23.8 Å². The summed E-state index contributed by atoms with van der Waals surface area (Å²) in [6, 6.07) is 3.63. The predicted molar refractivity (Wildman–Crippen MR) is 89.8 cm³/mol. The van der Waals surface area contributed by atoms with Crippen LogP contribution in [0.1, 0.15) is 20.3 Å². The molecular weight excluding hydrogens is 280 g/mol. The molecule has 0 bridgehead atoms.